The van der Waals surface area contributed by atoms with Gasteiger partial charge in [0.2, 0.25) is 11.8 Å². The maximum absolute atomic E-state index is 5.85. The van der Waals surface area contributed by atoms with Crippen LogP contribution in [-0.2, 0) is 0 Å². The Morgan fingerprint density at radius 2 is 1.89 bits per heavy atom. The van der Waals surface area contributed by atoms with Crippen LogP contribution in [0.25, 0.3) is 10.9 Å². The van der Waals surface area contributed by atoms with Gasteiger partial charge in [0, 0.05) is 7.05 Å². The van der Waals surface area contributed by atoms with E-state index in [9.17, 15) is 0 Å². The van der Waals surface area contributed by atoms with Crippen LogP contribution >= 0.6 is 0 Å². The summed E-state index contributed by atoms with van der Waals surface area (Å²) in [5.41, 5.74) is 1.15. The molecule has 19 heavy (non-hydrogen) atoms. The van der Waals surface area contributed by atoms with Crippen molar-refractivity contribution in [2.75, 3.05) is 19.0 Å². The average Bonchev–Trinajstić information content (AvgIpc) is 2.37. The van der Waals surface area contributed by atoms with Crippen LogP contribution in [0.3, 0.4) is 0 Å². The van der Waals surface area contributed by atoms with Crippen molar-refractivity contribution >= 4 is 16.9 Å². The van der Waals surface area contributed by atoms with Crippen molar-refractivity contribution in [3.63, 3.8) is 0 Å². The normalized spacial score (nSPS) is 11.6. The summed E-state index contributed by atoms with van der Waals surface area (Å²) in [5, 5.41) is 3.92. The van der Waals surface area contributed by atoms with Gasteiger partial charge in [0.1, 0.15) is 0 Å². The van der Waals surface area contributed by atoms with Crippen LogP contribution in [-0.4, -0.2) is 23.6 Å². The second kappa shape index (κ2) is 5.43. The van der Waals surface area contributed by atoms with E-state index in [1.807, 2.05) is 31.3 Å². The third-order valence-corrected chi connectivity index (χ3v) is 2.88. The van der Waals surface area contributed by atoms with Gasteiger partial charge < -0.3 is 10.1 Å². The fourth-order valence-corrected chi connectivity index (χ4v) is 1.72. The molecule has 0 bridgehead atoms. The number of ether oxygens (including phenoxy) is 1. The second-order valence-electron chi connectivity index (χ2n) is 5.78. The number of anilines is 1. The van der Waals surface area contributed by atoms with Gasteiger partial charge in [-0.05, 0) is 24.0 Å². The lowest BCUT2D eigenvalue weighted by atomic mass is 9.93. The van der Waals surface area contributed by atoms with E-state index in [0.717, 1.165) is 17.3 Å². The maximum Gasteiger partial charge on any atom is 0.226 e. The van der Waals surface area contributed by atoms with E-state index >= 15 is 0 Å². The number of nitrogens with zero attached hydrogens (tertiary/aromatic N) is 2. The van der Waals surface area contributed by atoms with Crippen molar-refractivity contribution in [1.29, 1.82) is 0 Å². The van der Waals surface area contributed by atoms with Gasteiger partial charge in [-0.25, -0.2) is 4.98 Å². The lowest BCUT2D eigenvalue weighted by molar-refractivity contribution is 0.239. The Bertz CT molecular complexity index is 561. The highest BCUT2D eigenvalue weighted by Crippen LogP contribution is 2.25. The van der Waals surface area contributed by atoms with E-state index in [2.05, 4.69) is 36.1 Å². The second-order valence-corrected chi connectivity index (χ2v) is 5.78. The van der Waals surface area contributed by atoms with Gasteiger partial charge in [-0.2, -0.15) is 4.98 Å². The Labute approximate surface area is 114 Å². The summed E-state index contributed by atoms with van der Waals surface area (Å²) in [6.45, 7) is 7.27. The topological polar surface area (TPSA) is 47.0 Å². The SMILES string of the molecule is CNc1nc(OCCC(C)(C)C)c2ccccc2n1. The zero-order chi connectivity index (χ0) is 13.9. The van der Waals surface area contributed by atoms with E-state index in [4.69, 9.17) is 4.74 Å². The number of aromatic nitrogens is 2. The van der Waals surface area contributed by atoms with E-state index in [-0.39, 0.29) is 5.41 Å². The van der Waals surface area contributed by atoms with Crippen molar-refractivity contribution in [2.45, 2.75) is 27.2 Å². The third-order valence-electron chi connectivity index (χ3n) is 2.88. The predicted octanol–water partition coefficient (Wildman–Crippen LogP) is 3.49. The number of rotatable bonds is 4. The number of benzene rings is 1. The molecule has 0 atom stereocenters. The lowest BCUT2D eigenvalue weighted by Gasteiger charge is -2.18. The minimum absolute atomic E-state index is 0.259. The summed E-state index contributed by atoms with van der Waals surface area (Å²) >= 11 is 0. The minimum atomic E-state index is 0.259. The Kier molecular flexibility index (Phi) is 3.88. The van der Waals surface area contributed by atoms with Crippen molar-refractivity contribution in [3.8, 4) is 5.88 Å². The lowest BCUT2D eigenvalue weighted by Crippen LogP contribution is -2.12. The molecule has 0 radical (unpaired) electrons. The summed E-state index contributed by atoms with van der Waals surface area (Å²) in [6, 6.07) is 7.89. The molecule has 4 nitrogen and oxygen atoms in total. The van der Waals surface area contributed by atoms with Crippen LogP contribution in [0.2, 0.25) is 0 Å². The molecule has 1 N–H and O–H groups in total. The molecule has 0 aliphatic heterocycles. The first kappa shape index (κ1) is 13.6. The van der Waals surface area contributed by atoms with Crippen molar-refractivity contribution < 1.29 is 4.74 Å². The summed E-state index contributed by atoms with van der Waals surface area (Å²) in [4.78, 5) is 8.80. The van der Waals surface area contributed by atoms with E-state index in [0.29, 0.717) is 18.4 Å². The average molecular weight is 259 g/mol. The molecule has 2 rings (SSSR count). The molecule has 2 aromatic rings. The Morgan fingerprint density at radius 1 is 1.16 bits per heavy atom. The quantitative estimate of drug-likeness (QED) is 0.913. The maximum atomic E-state index is 5.85. The highest BCUT2D eigenvalue weighted by molar-refractivity contribution is 5.84. The first-order chi connectivity index (χ1) is 8.99. The third kappa shape index (κ3) is 3.56. The van der Waals surface area contributed by atoms with Crippen LogP contribution in [0.4, 0.5) is 5.95 Å². The molecule has 0 saturated carbocycles. The Hall–Kier alpha value is -1.84. The van der Waals surface area contributed by atoms with Crippen LogP contribution in [0.1, 0.15) is 27.2 Å². The molecule has 1 heterocycles. The number of hydrogen-bond donors (Lipinski definition) is 1. The standard InChI is InChI=1S/C15H21N3O/c1-15(2,3)9-10-19-13-11-7-5-6-8-12(11)17-14(16-4)18-13/h5-8H,9-10H2,1-4H3,(H,16,17,18). The Balaban J connectivity index is 2.25. The molecule has 0 spiro atoms. The molecule has 4 heteroatoms. The largest absolute Gasteiger partial charge is 0.477 e. The highest BCUT2D eigenvalue weighted by Gasteiger charge is 2.12. The van der Waals surface area contributed by atoms with Crippen LogP contribution in [0.5, 0.6) is 5.88 Å². The molecule has 1 aromatic heterocycles. The minimum Gasteiger partial charge on any atom is -0.477 e. The van der Waals surface area contributed by atoms with E-state index in [1.54, 1.807) is 0 Å². The smallest absolute Gasteiger partial charge is 0.226 e. The summed E-state index contributed by atoms with van der Waals surface area (Å²) in [6.07, 6.45) is 0.986. The van der Waals surface area contributed by atoms with Gasteiger partial charge in [-0.15, -0.1) is 0 Å². The number of para-hydroxylation sites is 1. The molecule has 102 valence electrons. The van der Waals surface area contributed by atoms with Crippen LogP contribution in [0, 0.1) is 5.41 Å². The zero-order valence-corrected chi connectivity index (χ0v) is 12.0. The predicted molar refractivity (Wildman–Crippen MR) is 78.7 cm³/mol. The van der Waals surface area contributed by atoms with Crippen molar-refractivity contribution in [3.05, 3.63) is 24.3 Å². The summed E-state index contributed by atoms with van der Waals surface area (Å²) < 4.78 is 5.85. The molecular formula is C15H21N3O. The van der Waals surface area contributed by atoms with Crippen LogP contribution in [0.15, 0.2) is 24.3 Å². The molecule has 0 aliphatic rings. The van der Waals surface area contributed by atoms with Gasteiger partial charge >= 0.3 is 0 Å². The number of nitrogens with one attached hydrogen (secondary N) is 1. The summed E-state index contributed by atoms with van der Waals surface area (Å²) in [5.74, 6) is 1.24. The molecule has 0 amide bonds. The monoisotopic (exact) mass is 259 g/mol. The molecule has 0 aliphatic carbocycles. The summed E-state index contributed by atoms with van der Waals surface area (Å²) in [7, 11) is 1.81. The van der Waals surface area contributed by atoms with Gasteiger partial charge in [-0.1, -0.05) is 32.9 Å². The first-order valence-electron chi connectivity index (χ1n) is 6.57. The van der Waals surface area contributed by atoms with Gasteiger partial charge in [0.05, 0.1) is 17.5 Å². The number of fused-ring (bicyclic) bond motifs is 1. The fraction of sp³-hybridized carbons (Fsp3) is 0.467. The zero-order valence-electron chi connectivity index (χ0n) is 12.0. The molecule has 1 aromatic carbocycles. The molecule has 0 fully saturated rings. The van der Waals surface area contributed by atoms with E-state index < -0.39 is 0 Å². The van der Waals surface area contributed by atoms with Crippen molar-refractivity contribution in [2.24, 2.45) is 5.41 Å². The highest BCUT2D eigenvalue weighted by atomic mass is 16.5. The first-order valence-corrected chi connectivity index (χ1v) is 6.57. The van der Waals surface area contributed by atoms with Crippen molar-refractivity contribution in [1.82, 2.24) is 9.97 Å². The van der Waals surface area contributed by atoms with Crippen LogP contribution < -0.4 is 10.1 Å². The van der Waals surface area contributed by atoms with Gasteiger partial charge in [0.25, 0.3) is 0 Å². The molecular weight excluding hydrogens is 238 g/mol. The number of hydrogen-bond acceptors (Lipinski definition) is 4. The van der Waals surface area contributed by atoms with Gasteiger partial charge in [0.15, 0.2) is 0 Å². The fourth-order valence-electron chi connectivity index (χ4n) is 1.72. The molecule has 0 unspecified atom stereocenters. The van der Waals surface area contributed by atoms with Gasteiger partial charge in [-0.3, -0.25) is 0 Å². The Morgan fingerprint density at radius 3 is 2.58 bits per heavy atom. The molecule has 0 saturated heterocycles. The van der Waals surface area contributed by atoms with E-state index in [1.165, 1.54) is 0 Å².